The summed E-state index contributed by atoms with van der Waals surface area (Å²) in [5.41, 5.74) is 2.48. The van der Waals surface area contributed by atoms with Crippen molar-refractivity contribution in [3.63, 3.8) is 0 Å². The normalized spacial score (nSPS) is 14.2. The summed E-state index contributed by atoms with van der Waals surface area (Å²) < 4.78 is 11.3. The first-order valence-corrected chi connectivity index (χ1v) is 12.5. The van der Waals surface area contributed by atoms with E-state index >= 15 is 0 Å². The second kappa shape index (κ2) is 12.9. The molecule has 0 bridgehead atoms. The lowest BCUT2D eigenvalue weighted by molar-refractivity contribution is 0.126. The third-order valence-corrected chi connectivity index (χ3v) is 6.52. The first-order chi connectivity index (χ1) is 17.2. The molecule has 1 amide bonds. The van der Waals surface area contributed by atoms with Crippen molar-refractivity contribution in [2.75, 3.05) is 33.3 Å². The van der Waals surface area contributed by atoms with E-state index in [1.54, 1.807) is 12.4 Å². The molecule has 3 aromatic rings. The minimum Gasteiger partial charge on any atom is -0.493 e. The Hall–Kier alpha value is -3.38. The number of hydrogen-bond donors (Lipinski definition) is 0. The molecule has 2 heterocycles. The topological polar surface area (TPSA) is 54.9 Å². The number of hydrogen-bond acceptors (Lipinski definition) is 5. The lowest BCUT2D eigenvalue weighted by atomic mass is 9.93. The lowest BCUT2D eigenvalue weighted by Gasteiger charge is -2.32. The molecule has 1 fully saturated rings. The molecule has 2 aromatic carbocycles. The van der Waals surface area contributed by atoms with E-state index in [1.165, 1.54) is 12.0 Å². The second-order valence-electron chi connectivity index (χ2n) is 9.24. The van der Waals surface area contributed by atoms with Crippen LogP contribution in [0.3, 0.4) is 0 Å². The molecule has 0 spiro atoms. The largest absolute Gasteiger partial charge is 0.493 e. The van der Waals surface area contributed by atoms with Crippen LogP contribution in [0.1, 0.15) is 30.4 Å². The number of piperidine rings is 1. The average molecular weight is 474 g/mol. The number of carbonyl (C=O) groups is 1. The quantitative estimate of drug-likeness (QED) is 0.393. The Morgan fingerprint density at radius 3 is 2.37 bits per heavy atom. The van der Waals surface area contributed by atoms with Crippen molar-refractivity contribution in [2.24, 2.45) is 5.92 Å². The van der Waals surface area contributed by atoms with E-state index < -0.39 is 0 Å². The zero-order valence-electron chi connectivity index (χ0n) is 20.5. The van der Waals surface area contributed by atoms with Crippen molar-refractivity contribution < 1.29 is 14.3 Å². The van der Waals surface area contributed by atoms with Gasteiger partial charge in [0, 0.05) is 38.4 Å². The van der Waals surface area contributed by atoms with E-state index in [2.05, 4.69) is 47.3 Å². The van der Waals surface area contributed by atoms with Crippen LogP contribution in [-0.2, 0) is 13.0 Å². The Labute approximate surface area is 208 Å². The van der Waals surface area contributed by atoms with Gasteiger partial charge in [0.15, 0.2) is 0 Å². The first kappa shape index (κ1) is 24.7. The maximum absolute atomic E-state index is 12.6. The van der Waals surface area contributed by atoms with Crippen molar-refractivity contribution in [1.29, 1.82) is 0 Å². The SMILES string of the molecule is CN(CCC1CCN(C(=O)Oc2ccc(CCOc3ccncc3)cc2)CC1)Cc1ccccc1. The Kier molecular flexibility index (Phi) is 9.12. The van der Waals surface area contributed by atoms with Gasteiger partial charge in [0.1, 0.15) is 11.5 Å². The van der Waals surface area contributed by atoms with E-state index in [0.29, 0.717) is 18.3 Å². The predicted molar refractivity (Wildman–Crippen MR) is 138 cm³/mol. The molecule has 0 saturated carbocycles. The molecule has 0 N–H and O–H groups in total. The number of ether oxygens (including phenoxy) is 2. The van der Waals surface area contributed by atoms with E-state index in [0.717, 1.165) is 56.8 Å². The van der Waals surface area contributed by atoms with Crippen molar-refractivity contribution in [1.82, 2.24) is 14.8 Å². The zero-order chi connectivity index (χ0) is 24.3. The Balaban J connectivity index is 1.13. The summed E-state index contributed by atoms with van der Waals surface area (Å²) >= 11 is 0. The average Bonchev–Trinajstić information content (AvgIpc) is 2.90. The highest BCUT2D eigenvalue weighted by Gasteiger charge is 2.24. The monoisotopic (exact) mass is 473 g/mol. The van der Waals surface area contributed by atoms with Gasteiger partial charge in [-0.25, -0.2) is 4.79 Å². The van der Waals surface area contributed by atoms with Gasteiger partial charge in [0.05, 0.1) is 6.61 Å². The van der Waals surface area contributed by atoms with Gasteiger partial charge in [0.25, 0.3) is 0 Å². The molecule has 1 aliphatic heterocycles. The summed E-state index contributed by atoms with van der Waals surface area (Å²) in [6, 6.07) is 21.9. The summed E-state index contributed by atoms with van der Waals surface area (Å²) in [5, 5.41) is 0. The highest BCUT2D eigenvalue weighted by Crippen LogP contribution is 2.22. The highest BCUT2D eigenvalue weighted by molar-refractivity contribution is 5.70. The van der Waals surface area contributed by atoms with E-state index in [1.807, 2.05) is 41.3 Å². The third-order valence-electron chi connectivity index (χ3n) is 6.52. The maximum Gasteiger partial charge on any atom is 0.415 e. The van der Waals surface area contributed by atoms with Gasteiger partial charge in [-0.1, -0.05) is 42.5 Å². The van der Waals surface area contributed by atoms with Crippen LogP contribution < -0.4 is 9.47 Å². The van der Waals surface area contributed by atoms with Crippen molar-refractivity contribution in [3.05, 3.63) is 90.3 Å². The van der Waals surface area contributed by atoms with Crippen molar-refractivity contribution in [3.8, 4) is 11.5 Å². The standard InChI is InChI=1S/C29H35N3O3/c1-31(23-26-5-3-2-4-6-26)19-13-25-14-20-32(21-15-25)29(33)35-28-9-7-24(8-10-28)16-22-34-27-11-17-30-18-12-27/h2-12,17-18,25H,13-16,19-23H2,1H3. The lowest BCUT2D eigenvalue weighted by Crippen LogP contribution is -2.40. The molecular formula is C29H35N3O3. The number of carbonyl (C=O) groups excluding carboxylic acids is 1. The molecule has 0 unspecified atom stereocenters. The molecule has 0 atom stereocenters. The smallest absolute Gasteiger partial charge is 0.415 e. The fraction of sp³-hybridized carbons (Fsp3) is 0.379. The van der Waals surface area contributed by atoms with Crippen molar-refractivity contribution >= 4 is 6.09 Å². The van der Waals surface area contributed by atoms with Gasteiger partial charge in [-0.15, -0.1) is 0 Å². The van der Waals surface area contributed by atoms with Gasteiger partial charge in [-0.05, 0) is 74.2 Å². The molecule has 1 aromatic heterocycles. The van der Waals surface area contributed by atoms with Crippen LogP contribution >= 0.6 is 0 Å². The molecular weight excluding hydrogens is 438 g/mol. The number of benzene rings is 2. The zero-order valence-corrected chi connectivity index (χ0v) is 20.5. The minimum atomic E-state index is -0.251. The van der Waals surface area contributed by atoms with Crippen LogP contribution in [0.2, 0.25) is 0 Å². The highest BCUT2D eigenvalue weighted by atomic mass is 16.6. The van der Waals surface area contributed by atoms with E-state index in [-0.39, 0.29) is 6.09 Å². The number of aromatic nitrogens is 1. The van der Waals surface area contributed by atoms with Gasteiger partial charge in [-0.2, -0.15) is 0 Å². The number of amides is 1. The molecule has 6 heteroatoms. The third kappa shape index (κ3) is 8.11. The van der Waals surface area contributed by atoms with Gasteiger partial charge in [-0.3, -0.25) is 4.98 Å². The molecule has 6 nitrogen and oxygen atoms in total. The van der Waals surface area contributed by atoms with Crippen LogP contribution in [0.4, 0.5) is 4.79 Å². The molecule has 35 heavy (non-hydrogen) atoms. The second-order valence-corrected chi connectivity index (χ2v) is 9.24. The number of pyridine rings is 1. The Morgan fingerprint density at radius 1 is 0.943 bits per heavy atom. The van der Waals surface area contributed by atoms with Gasteiger partial charge >= 0.3 is 6.09 Å². The summed E-state index contributed by atoms with van der Waals surface area (Å²) in [6.45, 7) is 4.15. The molecule has 184 valence electrons. The molecule has 0 radical (unpaired) electrons. The predicted octanol–water partition coefficient (Wildman–Crippen LogP) is 5.44. The van der Waals surface area contributed by atoms with Crippen LogP contribution in [0.25, 0.3) is 0 Å². The molecule has 0 aliphatic carbocycles. The summed E-state index contributed by atoms with van der Waals surface area (Å²) in [6.07, 6.45) is 7.19. The Morgan fingerprint density at radius 2 is 1.66 bits per heavy atom. The molecule has 1 saturated heterocycles. The summed E-state index contributed by atoms with van der Waals surface area (Å²) in [5.74, 6) is 2.05. The van der Waals surface area contributed by atoms with Crippen LogP contribution in [0.15, 0.2) is 79.1 Å². The fourth-order valence-electron chi connectivity index (χ4n) is 4.39. The fourth-order valence-corrected chi connectivity index (χ4v) is 4.39. The maximum atomic E-state index is 12.6. The van der Waals surface area contributed by atoms with E-state index in [4.69, 9.17) is 9.47 Å². The van der Waals surface area contributed by atoms with Crippen LogP contribution in [0.5, 0.6) is 11.5 Å². The molecule has 4 rings (SSSR count). The number of nitrogens with zero attached hydrogens (tertiary/aromatic N) is 3. The van der Waals surface area contributed by atoms with E-state index in [9.17, 15) is 4.79 Å². The van der Waals surface area contributed by atoms with Crippen LogP contribution in [0, 0.1) is 5.92 Å². The van der Waals surface area contributed by atoms with Crippen molar-refractivity contribution in [2.45, 2.75) is 32.2 Å². The number of likely N-dealkylation sites (tertiary alicyclic amines) is 1. The van der Waals surface area contributed by atoms with Gasteiger partial charge in [0.2, 0.25) is 0 Å². The summed E-state index contributed by atoms with van der Waals surface area (Å²) in [4.78, 5) is 20.8. The van der Waals surface area contributed by atoms with Crippen LogP contribution in [-0.4, -0.2) is 54.2 Å². The van der Waals surface area contributed by atoms with Gasteiger partial charge < -0.3 is 19.3 Å². The number of rotatable bonds is 10. The summed E-state index contributed by atoms with van der Waals surface area (Å²) in [7, 11) is 2.18. The molecule has 1 aliphatic rings. The Bertz CT molecular complexity index is 1020. The first-order valence-electron chi connectivity index (χ1n) is 12.5. The minimum absolute atomic E-state index is 0.251.